The van der Waals surface area contributed by atoms with E-state index in [-0.39, 0.29) is 0 Å². The lowest BCUT2D eigenvalue weighted by molar-refractivity contribution is 0.419. The monoisotopic (exact) mass is 282 g/mol. The second-order valence-corrected chi connectivity index (χ2v) is 6.82. The second-order valence-electron chi connectivity index (χ2n) is 4.88. The van der Waals surface area contributed by atoms with Crippen molar-refractivity contribution in [1.29, 1.82) is 0 Å². The average Bonchev–Trinajstić information content (AvgIpc) is 2.86. The average molecular weight is 282 g/mol. The molecule has 2 rings (SSSR count). The summed E-state index contributed by atoms with van der Waals surface area (Å²) >= 11 is 0. The lowest BCUT2D eigenvalue weighted by Crippen LogP contribution is -2.31. The standard InChI is InChI=1S/C14H22N2O2S/c1-3-5-8-16(4-2)19(17,18)14-7-6-12-10-15-11-13(12)9-14/h6-7,9,15H,3-5,8,10-11H2,1-2H3. The van der Waals surface area contributed by atoms with Crippen molar-refractivity contribution < 1.29 is 8.42 Å². The first kappa shape index (κ1) is 14.5. The van der Waals surface area contributed by atoms with Crippen LogP contribution in [0.5, 0.6) is 0 Å². The third-order valence-corrected chi connectivity index (χ3v) is 5.53. The molecule has 1 heterocycles. The molecule has 0 bridgehead atoms. The zero-order valence-corrected chi connectivity index (χ0v) is 12.5. The van der Waals surface area contributed by atoms with Crippen molar-refractivity contribution in [3.63, 3.8) is 0 Å². The fourth-order valence-corrected chi connectivity index (χ4v) is 3.90. The number of hydrogen-bond acceptors (Lipinski definition) is 3. The summed E-state index contributed by atoms with van der Waals surface area (Å²) in [6, 6.07) is 5.48. The van der Waals surface area contributed by atoms with Crippen molar-refractivity contribution in [2.45, 2.75) is 44.7 Å². The minimum absolute atomic E-state index is 0.424. The van der Waals surface area contributed by atoms with Crippen molar-refractivity contribution in [2.75, 3.05) is 13.1 Å². The fraction of sp³-hybridized carbons (Fsp3) is 0.571. The number of unbranched alkanes of at least 4 members (excludes halogenated alkanes) is 1. The zero-order chi connectivity index (χ0) is 13.9. The Morgan fingerprint density at radius 1 is 1.21 bits per heavy atom. The van der Waals surface area contributed by atoms with E-state index in [1.54, 1.807) is 10.4 Å². The molecule has 0 radical (unpaired) electrons. The van der Waals surface area contributed by atoms with E-state index in [1.807, 2.05) is 19.1 Å². The molecule has 0 spiro atoms. The molecule has 0 unspecified atom stereocenters. The molecule has 4 nitrogen and oxygen atoms in total. The van der Waals surface area contributed by atoms with Crippen molar-refractivity contribution >= 4 is 10.0 Å². The Morgan fingerprint density at radius 3 is 2.63 bits per heavy atom. The highest BCUT2D eigenvalue weighted by Crippen LogP contribution is 2.22. The van der Waals surface area contributed by atoms with Gasteiger partial charge in [0.1, 0.15) is 0 Å². The highest BCUT2D eigenvalue weighted by Gasteiger charge is 2.24. The molecular formula is C14H22N2O2S. The number of nitrogens with one attached hydrogen (secondary N) is 1. The van der Waals surface area contributed by atoms with Crippen LogP contribution in [0.4, 0.5) is 0 Å². The van der Waals surface area contributed by atoms with Gasteiger partial charge in [0.15, 0.2) is 0 Å². The number of rotatable bonds is 6. The van der Waals surface area contributed by atoms with E-state index >= 15 is 0 Å². The molecule has 1 aromatic carbocycles. The smallest absolute Gasteiger partial charge is 0.243 e. The van der Waals surface area contributed by atoms with Gasteiger partial charge in [0.25, 0.3) is 0 Å². The van der Waals surface area contributed by atoms with Gasteiger partial charge in [0, 0.05) is 26.2 Å². The molecule has 5 heteroatoms. The van der Waals surface area contributed by atoms with Crippen LogP contribution in [-0.2, 0) is 23.1 Å². The largest absolute Gasteiger partial charge is 0.309 e. The molecule has 1 aliphatic heterocycles. The number of sulfonamides is 1. The third kappa shape index (κ3) is 2.99. The molecule has 0 amide bonds. The fourth-order valence-electron chi connectivity index (χ4n) is 2.36. The molecule has 0 aromatic heterocycles. The Morgan fingerprint density at radius 2 is 1.95 bits per heavy atom. The van der Waals surface area contributed by atoms with E-state index in [1.165, 1.54) is 5.56 Å². The lowest BCUT2D eigenvalue weighted by atomic mass is 10.1. The van der Waals surface area contributed by atoms with E-state index in [9.17, 15) is 8.42 Å². The lowest BCUT2D eigenvalue weighted by Gasteiger charge is -2.20. The van der Waals surface area contributed by atoms with Gasteiger partial charge in [-0.25, -0.2) is 8.42 Å². The molecule has 106 valence electrons. The predicted octanol–water partition coefficient (Wildman–Crippen LogP) is 2.10. The van der Waals surface area contributed by atoms with Crippen molar-refractivity contribution in [3.05, 3.63) is 29.3 Å². The van der Waals surface area contributed by atoms with Crippen molar-refractivity contribution in [3.8, 4) is 0 Å². The minimum Gasteiger partial charge on any atom is -0.309 e. The van der Waals surface area contributed by atoms with Crippen LogP contribution in [0, 0.1) is 0 Å². The zero-order valence-electron chi connectivity index (χ0n) is 11.6. The molecule has 0 saturated heterocycles. The molecule has 19 heavy (non-hydrogen) atoms. The van der Waals surface area contributed by atoms with Crippen LogP contribution in [0.25, 0.3) is 0 Å². The van der Waals surface area contributed by atoms with Gasteiger partial charge in [-0.3, -0.25) is 0 Å². The second kappa shape index (κ2) is 6.03. The van der Waals surface area contributed by atoms with Crippen LogP contribution < -0.4 is 5.32 Å². The van der Waals surface area contributed by atoms with E-state index in [2.05, 4.69) is 12.2 Å². The van der Waals surface area contributed by atoms with Gasteiger partial charge in [0.2, 0.25) is 10.0 Å². The highest BCUT2D eigenvalue weighted by atomic mass is 32.2. The molecular weight excluding hydrogens is 260 g/mol. The van der Waals surface area contributed by atoms with Gasteiger partial charge >= 0.3 is 0 Å². The van der Waals surface area contributed by atoms with E-state index in [0.717, 1.165) is 31.5 Å². The molecule has 1 N–H and O–H groups in total. The topological polar surface area (TPSA) is 49.4 Å². The maximum atomic E-state index is 12.6. The Balaban J connectivity index is 2.27. The highest BCUT2D eigenvalue weighted by molar-refractivity contribution is 7.89. The van der Waals surface area contributed by atoms with Crippen LogP contribution in [0.2, 0.25) is 0 Å². The normalized spacial score (nSPS) is 14.9. The van der Waals surface area contributed by atoms with Crippen LogP contribution in [0.15, 0.2) is 23.1 Å². The van der Waals surface area contributed by atoms with Crippen LogP contribution >= 0.6 is 0 Å². The maximum absolute atomic E-state index is 12.6. The summed E-state index contributed by atoms with van der Waals surface area (Å²) in [6.07, 6.45) is 1.90. The minimum atomic E-state index is -3.34. The maximum Gasteiger partial charge on any atom is 0.243 e. The quantitative estimate of drug-likeness (QED) is 0.869. The molecule has 0 atom stereocenters. The Kier molecular flexibility index (Phi) is 4.60. The van der Waals surface area contributed by atoms with Gasteiger partial charge in [-0.15, -0.1) is 0 Å². The van der Waals surface area contributed by atoms with Crippen molar-refractivity contribution in [2.24, 2.45) is 0 Å². The summed E-state index contributed by atoms with van der Waals surface area (Å²) in [7, 11) is -3.34. The number of nitrogens with zero attached hydrogens (tertiary/aromatic N) is 1. The SMILES string of the molecule is CCCCN(CC)S(=O)(=O)c1ccc2c(c1)CNC2. The van der Waals surface area contributed by atoms with Crippen LogP contribution in [0.3, 0.4) is 0 Å². The van der Waals surface area contributed by atoms with Gasteiger partial charge in [0.05, 0.1) is 4.90 Å². The molecule has 0 aliphatic carbocycles. The number of hydrogen-bond donors (Lipinski definition) is 1. The predicted molar refractivity (Wildman–Crippen MR) is 76.3 cm³/mol. The number of benzene rings is 1. The number of fused-ring (bicyclic) bond motifs is 1. The Bertz CT molecular complexity index is 540. The van der Waals surface area contributed by atoms with E-state index < -0.39 is 10.0 Å². The molecule has 0 saturated carbocycles. The van der Waals surface area contributed by atoms with Gasteiger partial charge in [-0.1, -0.05) is 26.3 Å². The summed E-state index contributed by atoms with van der Waals surface area (Å²) in [6.45, 7) is 6.69. The van der Waals surface area contributed by atoms with Crippen molar-refractivity contribution in [1.82, 2.24) is 9.62 Å². The molecule has 1 aliphatic rings. The first-order valence-electron chi connectivity index (χ1n) is 6.92. The summed E-state index contributed by atoms with van der Waals surface area (Å²) in [5, 5.41) is 3.24. The van der Waals surface area contributed by atoms with Gasteiger partial charge in [-0.2, -0.15) is 4.31 Å². The Labute approximate surface area is 115 Å². The summed E-state index contributed by atoms with van der Waals surface area (Å²) < 4.78 is 26.7. The summed E-state index contributed by atoms with van der Waals surface area (Å²) in [4.78, 5) is 0.424. The van der Waals surface area contributed by atoms with Crippen LogP contribution in [0.1, 0.15) is 37.8 Å². The Hall–Kier alpha value is -0.910. The van der Waals surface area contributed by atoms with Gasteiger partial charge < -0.3 is 5.32 Å². The van der Waals surface area contributed by atoms with E-state index in [4.69, 9.17) is 0 Å². The third-order valence-electron chi connectivity index (χ3n) is 3.56. The first-order chi connectivity index (χ1) is 9.09. The first-order valence-corrected chi connectivity index (χ1v) is 8.36. The van der Waals surface area contributed by atoms with Gasteiger partial charge in [-0.05, 0) is 29.7 Å². The summed E-state index contributed by atoms with van der Waals surface area (Å²) in [5.74, 6) is 0. The summed E-state index contributed by atoms with van der Waals surface area (Å²) in [5.41, 5.74) is 2.31. The molecule has 0 fully saturated rings. The van der Waals surface area contributed by atoms with E-state index in [0.29, 0.717) is 18.0 Å². The van der Waals surface area contributed by atoms with Crippen LogP contribution in [-0.4, -0.2) is 25.8 Å². The molecule has 1 aromatic rings.